The van der Waals surface area contributed by atoms with Gasteiger partial charge in [0.1, 0.15) is 18.3 Å². The van der Waals surface area contributed by atoms with Crippen LogP contribution < -0.4 is 14.8 Å². The fourth-order valence-electron chi connectivity index (χ4n) is 3.79. The molecule has 0 unspecified atom stereocenters. The average molecular weight is 464 g/mol. The molecule has 1 aliphatic carbocycles. The lowest BCUT2D eigenvalue weighted by Gasteiger charge is -2.27. The van der Waals surface area contributed by atoms with Crippen LogP contribution in [0.25, 0.3) is 0 Å². The molecule has 0 atom stereocenters. The third kappa shape index (κ3) is 7.08. The molecule has 0 aromatic heterocycles. The lowest BCUT2D eigenvalue weighted by molar-refractivity contribution is -0.116. The highest BCUT2D eigenvalue weighted by atomic mass is 32.2. The van der Waals surface area contributed by atoms with Crippen LogP contribution in [0.4, 0.5) is 0 Å². The molecule has 9 heteroatoms. The summed E-state index contributed by atoms with van der Waals surface area (Å²) in [6.07, 6.45) is 8.79. The topological polar surface area (TPSA) is 97.0 Å². The summed E-state index contributed by atoms with van der Waals surface area (Å²) in [6.45, 7) is 8.18. The summed E-state index contributed by atoms with van der Waals surface area (Å²) in [4.78, 5) is 13.1. The van der Waals surface area contributed by atoms with Gasteiger partial charge in [-0.3, -0.25) is 4.79 Å². The van der Waals surface area contributed by atoms with Crippen molar-refractivity contribution in [3.05, 3.63) is 48.9 Å². The van der Waals surface area contributed by atoms with Gasteiger partial charge >= 0.3 is 0 Å². The molecular weight excluding hydrogens is 430 g/mol. The van der Waals surface area contributed by atoms with E-state index in [2.05, 4.69) is 16.6 Å². The highest BCUT2D eigenvalue weighted by molar-refractivity contribution is 7.89. The summed E-state index contributed by atoms with van der Waals surface area (Å²) in [5.74, 6) is 0.844. The molecular formula is C23H33N3O5S. The van der Waals surface area contributed by atoms with Crippen molar-refractivity contribution in [2.75, 3.05) is 13.3 Å². The van der Waals surface area contributed by atoms with Crippen molar-refractivity contribution in [3.63, 3.8) is 0 Å². The van der Waals surface area contributed by atoms with Crippen molar-refractivity contribution in [1.82, 2.24) is 14.9 Å². The predicted molar refractivity (Wildman–Crippen MR) is 122 cm³/mol. The Morgan fingerprint density at radius 2 is 2.03 bits per heavy atom. The van der Waals surface area contributed by atoms with Crippen LogP contribution in [-0.4, -0.2) is 44.2 Å². The van der Waals surface area contributed by atoms with E-state index in [0.29, 0.717) is 31.0 Å². The number of benzene rings is 1. The van der Waals surface area contributed by atoms with Crippen LogP contribution in [0.2, 0.25) is 0 Å². The van der Waals surface area contributed by atoms with Crippen molar-refractivity contribution in [2.24, 2.45) is 0 Å². The minimum Gasteiger partial charge on any atom is -0.490 e. The molecule has 176 valence electrons. The standard InChI is InChI=1S/C23H33N3O5S/c1-18-24-22(27)12-14-26(18)17-30-15-7-13-23(2,3)25-32(28,29)21-11-6-10-20(16-21)31-19-8-4-5-9-19/h6,10-12,14,16,19,25H,1,4-5,7-9,13,15,17H2,2-3H3,(H,24,27). The van der Waals surface area contributed by atoms with E-state index < -0.39 is 15.6 Å². The normalized spacial score (nSPS) is 17.6. The van der Waals surface area contributed by atoms with Gasteiger partial charge in [0.2, 0.25) is 10.0 Å². The average Bonchev–Trinajstić information content (AvgIpc) is 3.21. The Balaban J connectivity index is 1.46. The van der Waals surface area contributed by atoms with Crippen LogP contribution >= 0.6 is 0 Å². The summed E-state index contributed by atoms with van der Waals surface area (Å²) in [7, 11) is -3.69. The fraction of sp³-hybridized carbons (Fsp3) is 0.522. The zero-order chi connectivity index (χ0) is 23.2. The minimum absolute atomic E-state index is 0.172. The van der Waals surface area contributed by atoms with Gasteiger partial charge in [-0.1, -0.05) is 12.6 Å². The van der Waals surface area contributed by atoms with E-state index in [4.69, 9.17) is 9.47 Å². The summed E-state index contributed by atoms with van der Waals surface area (Å²) < 4.78 is 40.3. The number of nitrogens with zero attached hydrogens (tertiary/aromatic N) is 1. The number of nitrogens with one attached hydrogen (secondary N) is 2. The second-order valence-corrected chi connectivity index (χ2v) is 10.5. The molecule has 32 heavy (non-hydrogen) atoms. The zero-order valence-corrected chi connectivity index (χ0v) is 19.6. The molecule has 1 saturated carbocycles. The Bertz CT molecular complexity index is 952. The number of sulfonamides is 1. The van der Waals surface area contributed by atoms with Gasteiger partial charge in [-0.25, -0.2) is 13.1 Å². The van der Waals surface area contributed by atoms with E-state index in [9.17, 15) is 13.2 Å². The molecule has 8 nitrogen and oxygen atoms in total. The minimum atomic E-state index is -3.69. The smallest absolute Gasteiger partial charge is 0.250 e. The van der Waals surface area contributed by atoms with Crippen molar-refractivity contribution < 1.29 is 22.7 Å². The largest absolute Gasteiger partial charge is 0.490 e. The van der Waals surface area contributed by atoms with Crippen molar-refractivity contribution >= 4 is 15.9 Å². The molecule has 1 aromatic carbocycles. The van der Waals surface area contributed by atoms with Crippen LogP contribution in [0.1, 0.15) is 52.4 Å². The van der Waals surface area contributed by atoms with E-state index in [1.807, 2.05) is 13.8 Å². The number of ether oxygens (including phenoxy) is 2. The zero-order valence-electron chi connectivity index (χ0n) is 18.8. The molecule has 1 heterocycles. The Kier molecular flexibility index (Phi) is 7.97. The van der Waals surface area contributed by atoms with E-state index in [-0.39, 0.29) is 23.6 Å². The lowest BCUT2D eigenvalue weighted by atomic mass is 10.0. The van der Waals surface area contributed by atoms with Gasteiger partial charge in [-0.05, 0) is 64.5 Å². The van der Waals surface area contributed by atoms with Crippen molar-refractivity contribution in [2.45, 2.75) is 68.9 Å². The molecule has 0 spiro atoms. The third-order valence-corrected chi connectivity index (χ3v) is 7.17. The quantitative estimate of drug-likeness (QED) is 0.489. The first-order chi connectivity index (χ1) is 15.1. The maximum atomic E-state index is 12.9. The van der Waals surface area contributed by atoms with E-state index in [1.165, 1.54) is 6.08 Å². The SMILES string of the molecule is C=C1NC(=O)C=CN1COCCCC(C)(C)NS(=O)(=O)c1cccc(OC2CCCC2)c1. The molecule has 3 rings (SSSR count). The molecule has 0 radical (unpaired) electrons. The van der Waals surface area contributed by atoms with Crippen molar-refractivity contribution in [1.29, 1.82) is 0 Å². The summed E-state index contributed by atoms with van der Waals surface area (Å²) >= 11 is 0. The predicted octanol–water partition coefficient (Wildman–Crippen LogP) is 3.24. The Morgan fingerprint density at radius 3 is 2.75 bits per heavy atom. The monoisotopic (exact) mass is 463 g/mol. The highest BCUT2D eigenvalue weighted by Gasteiger charge is 2.26. The van der Waals surface area contributed by atoms with Crippen LogP contribution in [-0.2, 0) is 19.6 Å². The van der Waals surface area contributed by atoms with Gasteiger partial charge in [0.15, 0.2) is 0 Å². The molecule has 1 amide bonds. The van der Waals surface area contributed by atoms with Crippen LogP contribution in [0.5, 0.6) is 5.75 Å². The Hall–Kier alpha value is -2.36. The maximum absolute atomic E-state index is 12.9. The fourth-order valence-corrected chi connectivity index (χ4v) is 5.27. The Labute approximate surface area is 190 Å². The first kappa shape index (κ1) is 24.3. The molecule has 1 aliphatic heterocycles. The van der Waals surface area contributed by atoms with Gasteiger partial charge in [-0.15, -0.1) is 0 Å². The molecule has 2 aliphatic rings. The summed E-state index contributed by atoms with van der Waals surface area (Å²) in [5, 5.41) is 2.60. The molecule has 0 bridgehead atoms. The van der Waals surface area contributed by atoms with Gasteiger partial charge in [0, 0.05) is 30.5 Å². The summed E-state index contributed by atoms with van der Waals surface area (Å²) in [6, 6.07) is 6.70. The number of rotatable bonds is 11. The second kappa shape index (κ2) is 10.5. The lowest BCUT2D eigenvalue weighted by Crippen LogP contribution is -2.43. The second-order valence-electron chi connectivity index (χ2n) is 8.85. The molecule has 2 N–H and O–H groups in total. The number of carbonyl (C=O) groups excluding carboxylic acids is 1. The van der Waals surface area contributed by atoms with Gasteiger partial charge < -0.3 is 19.7 Å². The van der Waals surface area contributed by atoms with E-state index in [0.717, 1.165) is 25.7 Å². The maximum Gasteiger partial charge on any atom is 0.250 e. The highest BCUT2D eigenvalue weighted by Crippen LogP contribution is 2.26. The Morgan fingerprint density at radius 1 is 1.28 bits per heavy atom. The molecule has 0 saturated heterocycles. The van der Waals surface area contributed by atoms with Gasteiger partial charge in [0.05, 0.1) is 11.0 Å². The van der Waals surface area contributed by atoms with Crippen molar-refractivity contribution in [3.8, 4) is 5.75 Å². The first-order valence-electron chi connectivity index (χ1n) is 11.0. The first-order valence-corrected chi connectivity index (χ1v) is 12.5. The van der Waals surface area contributed by atoms with Crippen LogP contribution in [0.15, 0.2) is 53.8 Å². The van der Waals surface area contributed by atoms with Crippen LogP contribution in [0.3, 0.4) is 0 Å². The molecule has 1 aromatic rings. The molecule has 1 fully saturated rings. The van der Waals surface area contributed by atoms with E-state index >= 15 is 0 Å². The van der Waals surface area contributed by atoms with Gasteiger partial charge in [-0.2, -0.15) is 0 Å². The summed E-state index contributed by atoms with van der Waals surface area (Å²) in [5.41, 5.74) is -0.646. The van der Waals surface area contributed by atoms with Crippen LogP contribution in [0, 0.1) is 0 Å². The van der Waals surface area contributed by atoms with E-state index in [1.54, 1.807) is 35.4 Å². The number of carbonyl (C=O) groups is 1. The number of hydrogen-bond donors (Lipinski definition) is 2. The number of hydrogen-bond acceptors (Lipinski definition) is 6. The van der Waals surface area contributed by atoms with Gasteiger partial charge in [0.25, 0.3) is 5.91 Å². The number of amides is 1. The third-order valence-electron chi connectivity index (χ3n) is 5.47.